The first kappa shape index (κ1) is 15.7. The molecule has 0 N–H and O–H groups in total. The number of Topliss-reactive ketones (excluding diaryl/α,β-unsaturated/α-hetero) is 1. The molecular formula is C15H14N4O5. The number of hydrogen-bond donors (Lipinski definition) is 0. The van der Waals surface area contributed by atoms with Gasteiger partial charge in [-0.25, -0.2) is 4.98 Å². The molecule has 0 amide bonds. The number of carbonyl (C=O) groups is 1. The standard InChI is InChI=1S/C9H10N2O3.C6H4N2O2/c1-12-7-3-4-10-9-8(7)6(5-14-9)11-13-2;9-5-3-10-6-4(5)1-2-7-8-6/h3-4H,5H2,1-2H3;1-2H,3H2. The van der Waals surface area contributed by atoms with Gasteiger partial charge >= 0.3 is 0 Å². The van der Waals surface area contributed by atoms with Gasteiger partial charge in [0, 0.05) is 6.20 Å². The van der Waals surface area contributed by atoms with Crippen molar-refractivity contribution in [1.29, 1.82) is 0 Å². The number of methoxy groups -OCH3 is 1. The lowest BCUT2D eigenvalue weighted by molar-refractivity contribution is 0.0960. The van der Waals surface area contributed by atoms with E-state index in [1.807, 2.05) is 0 Å². The van der Waals surface area contributed by atoms with Crippen molar-refractivity contribution in [2.45, 2.75) is 0 Å². The fourth-order valence-corrected chi connectivity index (χ4v) is 2.21. The third-order valence-electron chi connectivity index (χ3n) is 3.26. The van der Waals surface area contributed by atoms with Crippen molar-refractivity contribution >= 4 is 11.5 Å². The Morgan fingerprint density at radius 3 is 2.71 bits per heavy atom. The van der Waals surface area contributed by atoms with Crippen LogP contribution in [0.25, 0.3) is 0 Å². The zero-order valence-corrected chi connectivity index (χ0v) is 13.1. The highest BCUT2D eigenvalue weighted by molar-refractivity contribution is 6.07. The van der Waals surface area contributed by atoms with Crippen LogP contribution in [0.5, 0.6) is 17.5 Å². The summed E-state index contributed by atoms with van der Waals surface area (Å²) in [6, 6.07) is 3.37. The highest BCUT2D eigenvalue weighted by Crippen LogP contribution is 2.31. The second-order valence-corrected chi connectivity index (χ2v) is 4.66. The normalized spacial score (nSPS) is 15.6. The van der Waals surface area contributed by atoms with Gasteiger partial charge in [-0.15, -0.1) is 5.10 Å². The number of carbonyl (C=O) groups excluding carboxylic acids is 1. The fourth-order valence-electron chi connectivity index (χ4n) is 2.21. The lowest BCUT2D eigenvalue weighted by atomic mass is 10.2. The van der Waals surface area contributed by atoms with E-state index in [9.17, 15) is 4.79 Å². The quantitative estimate of drug-likeness (QED) is 0.747. The second-order valence-electron chi connectivity index (χ2n) is 4.66. The number of ketones is 1. The van der Waals surface area contributed by atoms with Crippen molar-refractivity contribution in [1.82, 2.24) is 15.2 Å². The third-order valence-corrected chi connectivity index (χ3v) is 3.26. The topological polar surface area (TPSA) is 105 Å². The molecule has 2 aromatic heterocycles. The Hall–Kier alpha value is -3.23. The molecule has 4 heterocycles. The monoisotopic (exact) mass is 330 g/mol. The van der Waals surface area contributed by atoms with Crippen molar-refractivity contribution in [2.24, 2.45) is 5.16 Å². The predicted molar refractivity (Wildman–Crippen MR) is 81.7 cm³/mol. The summed E-state index contributed by atoms with van der Waals surface area (Å²) in [5, 5.41) is 11.0. The molecule has 2 aliphatic heterocycles. The van der Waals surface area contributed by atoms with Gasteiger partial charge in [0.15, 0.2) is 6.61 Å². The second kappa shape index (κ2) is 6.90. The van der Waals surface area contributed by atoms with E-state index in [0.29, 0.717) is 35.4 Å². The highest BCUT2D eigenvalue weighted by atomic mass is 16.6. The van der Waals surface area contributed by atoms with Crippen LogP contribution in [0.15, 0.2) is 29.7 Å². The van der Waals surface area contributed by atoms with Gasteiger partial charge in [0.1, 0.15) is 30.7 Å². The molecule has 0 aliphatic carbocycles. The van der Waals surface area contributed by atoms with Gasteiger partial charge in [-0.3, -0.25) is 4.79 Å². The summed E-state index contributed by atoms with van der Waals surface area (Å²) in [4.78, 5) is 19.6. The number of hydrogen-bond acceptors (Lipinski definition) is 9. The average Bonchev–Trinajstić information content (AvgIpc) is 3.20. The van der Waals surface area contributed by atoms with Crippen LogP contribution < -0.4 is 14.2 Å². The highest BCUT2D eigenvalue weighted by Gasteiger charge is 2.25. The van der Waals surface area contributed by atoms with Gasteiger partial charge in [-0.2, -0.15) is 5.10 Å². The zero-order chi connectivity index (χ0) is 16.9. The first-order chi connectivity index (χ1) is 11.7. The largest absolute Gasteiger partial charge is 0.496 e. The lowest BCUT2D eigenvalue weighted by Crippen LogP contribution is -2.04. The molecule has 0 saturated heterocycles. The molecule has 24 heavy (non-hydrogen) atoms. The summed E-state index contributed by atoms with van der Waals surface area (Å²) >= 11 is 0. The van der Waals surface area contributed by atoms with Crippen molar-refractivity contribution in [3.05, 3.63) is 35.7 Å². The van der Waals surface area contributed by atoms with Crippen LogP contribution in [-0.2, 0) is 4.84 Å². The van der Waals surface area contributed by atoms with Crippen LogP contribution in [0, 0.1) is 0 Å². The number of ether oxygens (including phenoxy) is 3. The van der Waals surface area contributed by atoms with Gasteiger partial charge in [0.25, 0.3) is 0 Å². The first-order valence-corrected chi connectivity index (χ1v) is 6.98. The maximum Gasteiger partial charge on any atom is 0.244 e. The molecule has 0 spiro atoms. The molecule has 0 saturated carbocycles. The maximum atomic E-state index is 10.9. The van der Waals surface area contributed by atoms with E-state index in [1.54, 1.807) is 25.4 Å². The number of fused-ring (bicyclic) bond motifs is 2. The Balaban J connectivity index is 0.000000149. The third kappa shape index (κ3) is 2.96. The summed E-state index contributed by atoms with van der Waals surface area (Å²) < 4.78 is 15.4. The minimum Gasteiger partial charge on any atom is -0.496 e. The van der Waals surface area contributed by atoms with E-state index in [1.165, 1.54) is 13.3 Å². The van der Waals surface area contributed by atoms with Gasteiger partial charge in [-0.05, 0) is 12.1 Å². The van der Waals surface area contributed by atoms with Crippen molar-refractivity contribution in [3.63, 3.8) is 0 Å². The van der Waals surface area contributed by atoms with E-state index < -0.39 is 0 Å². The maximum absolute atomic E-state index is 10.9. The minimum atomic E-state index is -0.0232. The van der Waals surface area contributed by atoms with E-state index in [0.717, 1.165) is 5.56 Å². The number of rotatable bonds is 2. The summed E-state index contributed by atoms with van der Waals surface area (Å²) in [7, 11) is 3.09. The molecular weight excluding hydrogens is 316 g/mol. The SMILES string of the molecule is CON=C1COc2nccc(OC)c21.O=C1COc2nnccc21. The fraction of sp³-hybridized carbons (Fsp3) is 0.267. The number of aromatic nitrogens is 3. The molecule has 0 fully saturated rings. The number of pyridine rings is 1. The van der Waals surface area contributed by atoms with Gasteiger partial charge in [-0.1, -0.05) is 5.16 Å². The molecule has 0 radical (unpaired) electrons. The molecule has 124 valence electrons. The number of nitrogens with zero attached hydrogens (tertiary/aromatic N) is 4. The molecule has 0 bridgehead atoms. The summed E-state index contributed by atoms with van der Waals surface area (Å²) in [5.74, 6) is 1.57. The average molecular weight is 330 g/mol. The molecule has 9 nitrogen and oxygen atoms in total. The van der Waals surface area contributed by atoms with Crippen LogP contribution in [0.1, 0.15) is 15.9 Å². The molecule has 2 aliphatic rings. The van der Waals surface area contributed by atoms with Crippen LogP contribution >= 0.6 is 0 Å². The summed E-state index contributed by atoms with van der Waals surface area (Å²) in [6.07, 6.45) is 3.11. The minimum absolute atomic E-state index is 0.0232. The van der Waals surface area contributed by atoms with E-state index >= 15 is 0 Å². The molecule has 9 heteroatoms. The van der Waals surface area contributed by atoms with Gasteiger partial charge in [0.05, 0.1) is 18.9 Å². The van der Waals surface area contributed by atoms with Crippen LogP contribution in [0.4, 0.5) is 0 Å². The molecule has 0 unspecified atom stereocenters. The molecule has 4 rings (SSSR count). The lowest BCUT2D eigenvalue weighted by Gasteiger charge is -2.03. The molecule has 0 aromatic carbocycles. The van der Waals surface area contributed by atoms with E-state index in [4.69, 9.17) is 19.0 Å². The van der Waals surface area contributed by atoms with Crippen molar-refractivity contribution in [3.8, 4) is 17.5 Å². The van der Waals surface area contributed by atoms with Gasteiger partial charge in [0.2, 0.25) is 17.5 Å². The van der Waals surface area contributed by atoms with Crippen LogP contribution in [-0.4, -0.2) is 54.1 Å². The van der Waals surface area contributed by atoms with Crippen LogP contribution in [0.3, 0.4) is 0 Å². The smallest absolute Gasteiger partial charge is 0.244 e. The van der Waals surface area contributed by atoms with Crippen molar-refractivity contribution in [2.75, 3.05) is 27.4 Å². The Morgan fingerprint density at radius 1 is 1.12 bits per heavy atom. The van der Waals surface area contributed by atoms with Crippen LogP contribution in [0.2, 0.25) is 0 Å². The number of oxime groups is 1. The predicted octanol–water partition coefficient (Wildman–Crippen LogP) is 0.885. The first-order valence-electron chi connectivity index (χ1n) is 6.98. The van der Waals surface area contributed by atoms with Crippen molar-refractivity contribution < 1.29 is 23.8 Å². The Morgan fingerprint density at radius 2 is 1.96 bits per heavy atom. The Labute approximate surface area is 137 Å². The Bertz CT molecular complexity index is 793. The zero-order valence-electron chi connectivity index (χ0n) is 13.1. The Kier molecular flexibility index (Phi) is 4.50. The molecule has 0 atom stereocenters. The summed E-state index contributed by atoms with van der Waals surface area (Å²) in [5.41, 5.74) is 2.01. The van der Waals surface area contributed by atoms with E-state index in [-0.39, 0.29) is 12.4 Å². The van der Waals surface area contributed by atoms with Gasteiger partial charge < -0.3 is 19.0 Å². The summed E-state index contributed by atoms with van der Waals surface area (Å²) in [6.45, 7) is 0.477. The molecule has 2 aromatic rings. The van der Waals surface area contributed by atoms with E-state index in [2.05, 4.69) is 20.3 Å².